The maximum absolute atomic E-state index is 6.29. The summed E-state index contributed by atoms with van der Waals surface area (Å²) < 4.78 is 1.04. The molecule has 0 saturated carbocycles. The maximum atomic E-state index is 6.29. The molecule has 0 heterocycles. The molecule has 0 radical (unpaired) electrons. The first kappa shape index (κ1) is 16.1. The highest BCUT2D eigenvalue weighted by Crippen LogP contribution is 2.36. The lowest BCUT2D eigenvalue weighted by atomic mass is 9.99. The Balaban J connectivity index is 2.24. The third-order valence-corrected chi connectivity index (χ3v) is 5.01. The van der Waals surface area contributed by atoms with Crippen molar-refractivity contribution in [1.82, 2.24) is 0 Å². The zero-order valence-corrected chi connectivity index (χ0v) is 15.5. The van der Waals surface area contributed by atoms with E-state index in [0.717, 1.165) is 21.5 Å². The van der Waals surface area contributed by atoms with Crippen LogP contribution in [0.25, 0.3) is 0 Å². The molecule has 3 heteroatoms. The molecule has 20 heavy (non-hydrogen) atoms. The molecular weight excluding hydrogens is 399 g/mol. The Morgan fingerprint density at radius 1 is 1.05 bits per heavy atom. The second kappa shape index (κ2) is 7.11. The third-order valence-electron chi connectivity index (χ3n) is 3.15. The molecule has 0 aliphatic rings. The summed E-state index contributed by atoms with van der Waals surface area (Å²) in [6.07, 6.45) is 1.12. The first-order valence-corrected chi connectivity index (χ1v) is 8.74. The highest BCUT2D eigenvalue weighted by Gasteiger charge is 2.14. The molecule has 1 unspecified atom stereocenters. The normalized spacial score (nSPS) is 12.7. The molecule has 2 rings (SSSR count). The Morgan fingerprint density at radius 3 is 2.30 bits per heavy atom. The molecule has 0 aromatic heterocycles. The van der Waals surface area contributed by atoms with Crippen molar-refractivity contribution in [3.8, 4) is 0 Å². The van der Waals surface area contributed by atoms with Gasteiger partial charge in [-0.3, -0.25) is 0 Å². The van der Waals surface area contributed by atoms with Crippen molar-refractivity contribution in [2.75, 3.05) is 0 Å². The van der Waals surface area contributed by atoms with E-state index in [4.69, 9.17) is 11.6 Å². The Morgan fingerprint density at radius 2 is 1.70 bits per heavy atom. The quantitative estimate of drug-likeness (QED) is 0.482. The smallest absolute Gasteiger partial charge is 0.0659 e. The number of hydrogen-bond acceptors (Lipinski definition) is 0. The number of alkyl halides is 1. The Hall–Kier alpha value is -0.310. The maximum Gasteiger partial charge on any atom is 0.0659 e. The van der Waals surface area contributed by atoms with Crippen LogP contribution < -0.4 is 0 Å². The highest BCUT2D eigenvalue weighted by molar-refractivity contribution is 9.10. The second-order valence-corrected chi connectivity index (χ2v) is 7.61. The van der Waals surface area contributed by atoms with E-state index in [1.54, 1.807) is 0 Å². The van der Waals surface area contributed by atoms with Crippen molar-refractivity contribution in [2.45, 2.75) is 25.1 Å². The summed E-state index contributed by atoms with van der Waals surface area (Å²) in [6, 6.07) is 14.7. The number of benzene rings is 2. The minimum atomic E-state index is 0.112. The molecule has 0 bridgehead atoms. The van der Waals surface area contributed by atoms with E-state index in [1.807, 2.05) is 12.1 Å². The largest absolute Gasteiger partial charge is 0.0840 e. The minimum Gasteiger partial charge on any atom is -0.0840 e. The van der Waals surface area contributed by atoms with Crippen molar-refractivity contribution in [3.05, 3.63) is 68.7 Å². The molecular formula is C17H17Br2Cl. The lowest BCUT2D eigenvalue weighted by Crippen LogP contribution is -1.97. The third kappa shape index (κ3) is 4.09. The summed E-state index contributed by atoms with van der Waals surface area (Å²) in [5, 5.41) is 0.779. The van der Waals surface area contributed by atoms with Gasteiger partial charge in [-0.25, -0.2) is 0 Å². The number of halogens is 3. The molecule has 106 valence electrons. The van der Waals surface area contributed by atoms with Gasteiger partial charge in [-0.05, 0) is 47.2 Å². The SMILES string of the molecule is CC(C)Cc1ccc(C(Br)c2cc(Br)ccc2Cl)cc1. The average molecular weight is 417 g/mol. The van der Waals surface area contributed by atoms with Gasteiger partial charge in [-0.2, -0.15) is 0 Å². The van der Waals surface area contributed by atoms with Crippen molar-refractivity contribution >= 4 is 43.5 Å². The first-order valence-electron chi connectivity index (χ1n) is 6.65. The Bertz CT molecular complexity index is 576. The lowest BCUT2D eigenvalue weighted by molar-refractivity contribution is 0.647. The lowest BCUT2D eigenvalue weighted by Gasteiger charge is -2.14. The molecule has 1 atom stereocenters. The molecule has 0 nitrogen and oxygen atoms in total. The van der Waals surface area contributed by atoms with E-state index < -0.39 is 0 Å². The molecule has 0 saturated heterocycles. The van der Waals surface area contributed by atoms with Gasteiger partial charge in [0.05, 0.1) is 4.83 Å². The van der Waals surface area contributed by atoms with Gasteiger partial charge >= 0.3 is 0 Å². The van der Waals surface area contributed by atoms with E-state index in [0.29, 0.717) is 5.92 Å². The molecule has 0 spiro atoms. The van der Waals surface area contributed by atoms with Gasteiger partial charge in [-0.1, -0.05) is 81.6 Å². The van der Waals surface area contributed by atoms with Crippen LogP contribution >= 0.6 is 43.5 Å². The standard InChI is InChI=1S/C17H17Br2Cl/c1-11(2)9-12-3-5-13(6-4-12)17(19)15-10-14(18)7-8-16(15)20/h3-8,10-11,17H,9H2,1-2H3. The zero-order valence-electron chi connectivity index (χ0n) is 11.5. The van der Waals surface area contributed by atoms with E-state index >= 15 is 0 Å². The summed E-state index contributed by atoms with van der Waals surface area (Å²) >= 11 is 13.5. The van der Waals surface area contributed by atoms with Crippen molar-refractivity contribution in [3.63, 3.8) is 0 Å². The molecule has 0 aliphatic heterocycles. The van der Waals surface area contributed by atoms with Crippen LogP contribution in [0.2, 0.25) is 5.02 Å². The second-order valence-electron chi connectivity index (χ2n) is 5.37. The molecule has 0 fully saturated rings. The van der Waals surface area contributed by atoms with Crippen LogP contribution in [0, 0.1) is 5.92 Å². The van der Waals surface area contributed by atoms with Crippen LogP contribution in [0.4, 0.5) is 0 Å². The van der Waals surface area contributed by atoms with Gasteiger partial charge in [0.2, 0.25) is 0 Å². The van der Waals surface area contributed by atoms with Gasteiger partial charge in [0.1, 0.15) is 0 Å². The van der Waals surface area contributed by atoms with E-state index in [-0.39, 0.29) is 4.83 Å². The molecule has 0 N–H and O–H groups in total. The fourth-order valence-corrected chi connectivity index (χ4v) is 3.60. The van der Waals surface area contributed by atoms with Crippen LogP contribution in [-0.2, 0) is 6.42 Å². The van der Waals surface area contributed by atoms with Gasteiger partial charge in [0.15, 0.2) is 0 Å². The van der Waals surface area contributed by atoms with E-state index in [2.05, 4.69) is 76.0 Å². The summed E-state index contributed by atoms with van der Waals surface area (Å²) in [6.45, 7) is 4.48. The van der Waals surface area contributed by atoms with Gasteiger partial charge < -0.3 is 0 Å². The minimum absolute atomic E-state index is 0.112. The highest BCUT2D eigenvalue weighted by atomic mass is 79.9. The molecule has 2 aromatic rings. The van der Waals surface area contributed by atoms with Crippen molar-refractivity contribution < 1.29 is 0 Å². The molecule has 0 aliphatic carbocycles. The average Bonchev–Trinajstić information content (AvgIpc) is 2.41. The predicted octanol–water partition coefficient (Wildman–Crippen LogP) is 6.79. The fraction of sp³-hybridized carbons (Fsp3) is 0.294. The summed E-state index contributed by atoms with van der Waals surface area (Å²) in [4.78, 5) is 0.112. The van der Waals surface area contributed by atoms with Crippen molar-refractivity contribution in [1.29, 1.82) is 0 Å². The molecule has 2 aromatic carbocycles. The fourth-order valence-electron chi connectivity index (χ4n) is 2.18. The van der Waals surface area contributed by atoms with Crippen LogP contribution in [0.1, 0.15) is 35.4 Å². The number of rotatable bonds is 4. The van der Waals surface area contributed by atoms with Crippen LogP contribution in [-0.4, -0.2) is 0 Å². The van der Waals surface area contributed by atoms with Crippen LogP contribution in [0.5, 0.6) is 0 Å². The first-order chi connectivity index (χ1) is 9.47. The van der Waals surface area contributed by atoms with Crippen molar-refractivity contribution in [2.24, 2.45) is 5.92 Å². The molecule has 0 amide bonds. The topological polar surface area (TPSA) is 0 Å². The summed E-state index contributed by atoms with van der Waals surface area (Å²) in [7, 11) is 0. The van der Waals surface area contributed by atoms with Gasteiger partial charge in [0, 0.05) is 9.50 Å². The monoisotopic (exact) mass is 414 g/mol. The number of hydrogen-bond donors (Lipinski definition) is 0. The summed E-state index contributed by atoms with van der Waals surface area (Å²) in [5.74, 6) is 0.681. The van der Waals surface area contributed by atoms with Gasteiger partial charge in [0.25, 0.3) is 0 Å². The van der Waals surface area contributed by atoms with E-state index in [1.165, 1.54) is 11.1 Å². The Labute approximate surface area is 142 Å². The van der Waals surface area contributed by atoms with Crippen LogP contribution in [0.15, 0.2) is 46.9 Å². The predicted molar refractivity (Wildman–Crippen MR) is 94.9 cm³/mol. The Kier molecular flexibility index (Phi) is 5.71. The zero-order chi connectivity index (χ0) is 14.7. The summed E-state index contributed by atoms with van der Waals surface area (Å²) in [5.41, 5.74) is 3.68. The van der Waals surface area contributed by atoms with Crippen LogP contribution in [0.3, 0.4) is 0 Å². The van der Waals surface area contributed by atoms with Gasteiger partial charge in [-0.15, -0.1) is 0 Å². The van der Waals surface area contributed by atoms with E-state index in [9.17, 15) is 0 Å².